The van der Waals surface area contributed by atoms with E-state index in [1.165, 1.54) is 15.0 Å². The van der Waals surface area contributed by atoms with Gasteiger partial charge in [0.1, 0.15) is 17.6 Å². The first kappa shape index (κ1) is 28.6. The highest BCUT2D eigenvalue weighted by atomic mass is 35.5. The number of rotatable bonds is 11. The number of hydrogen-bond donors (Lipinski definition) is 2. The van der Waals surface area contributed by atoms with Crippen LogP contribution in [-0.4, -0.2) is 92.8 Å². The molecule has 0 aliphatic carbocycles. The molecule has 40 heavy (non-hydrogen) atoms. The number of halogens is 1. The van der Waals surface area contributed by atoms with E-state index in [-0.39, 0.29) is 22.2 Å². The van der Waals surface area contributed by atoms with E-state index < -0.39 is 10.0 Å². The Morgan fingerprint density at radius 2 is 1.90 bits per heavy atom. The zero-order chi connectivity index (χ0) is 28.4. The molecule has 0 saturated carbocycles. The smallest absolute Gasteiger partial charge is 0.335 e. The molecule has 0 bridgehead atoms. The third-order valence-electron chi connectivity index (χ3n) is 7.12. The number of benzene rings is 1. The van der Waals surface area contributed by atoms with E-state index in [2.05, 4.69) is 20.1 Å². The van der Waals surface area contributed by atoms with Crippen LogP contribution < -0.4 is 10.4 Å². The monoisotopic (exact) mass is 591 g/mol. The number of aromatic nitrogens is 5. The van der Waals surface area contributed by atoms with Gasteiger partial charge >= 0.3 is 5.69 Å². The Balaban J connectivity index is 1.61. The zero-order valence-electron chi connectivity index (χ0n) is 22.6. The number of piperazine rings is 1. The SMILES string of the molecule is CCCOc1ccc(S(=O)(=O)N2CCN(CCCO)CC2)cc1-c1[nH]c2c(c1Cl)n(CCC)c(=O)n1cnnc21. The summed E-state index contributed by atoms with van der Waals surface area (Å²) in [4.78, 5) is 18.8. The van der Waals surface area contributed by atoms with E-state index in [1.807, 2.05) is 13.8 Å². The maximum Gasteiger partial charge on any atom is 0.335 e. The van der Waals surface area contributed by atoms with E-state index in [9.17, 15) is 13.2 Å². The van der Waals surface area contributed by atoms with Gasteiger partial charge in [-0.25, -0.2) is 17.6 Å². The number of aryl methyl sites for hydroxylation is 1. The Kier molecular flexibility index (Phi) is 8.47. The minimum Gasteiger partial charge on any atom is -0.493 e. The lowest BCUT2D eigenvalue weighted by Gasteiger charge is -2.34. The van der Waals surface area contributed by atoms with Gasteiger partial charge in [-0.2, -0.15) is 4.31 Å². The number of nitrogens with zero attached hydrogens (tertiary/aromatic N) is 6. The van der Waals surface area contributed by atoms with E-state index in [0.29, 0.717) is 85.9 Å². The molecule has 3 aromatic heterocycles. The molecule has 0 unspecified atom stereocenters. The Morgan fingerprint density at radius 3 is 2.60 bits per heavy atom. The van der Waals surface area contributed by atoms with Crippen molar-refractivity contribution in [1.29, 1.82) is 0 Å². The molecule has 216 valence electrons. The highest BCUT2D eigenvalue weighted by Gasteiger charge is 2.30. The third-order valence-corrected chi connectivity index (χ3v) is 9.39. The second kappa shape index (κ2) is 11.9. The Bertz CT molecular complexity index is 1670. The summed E-state index contributed by atoms with van der Waals surface area (Å²) in [5.74, 6) is 0.477. The normalized spacial score (nSPS) is 15.4. The number of ether oxygens (including phenoxy) is 1. The van der Waals surface area contributed by atoms with Crippen LogP contribution in [0.15, 0.2) is 34.2 Å². The van der Waals surface area contributed by atoms with Crippen molar-refractivity contribution in [2.24, 2.45) is 0 Å². The Hall–Kier alpha value is -2.97. The van der Waals surface area contributed by atoms with Gasteiger partial charge in [-0.15, -0.1) is 10.2 Å². The van der Waals surface area contributed by atoms with Gasteiger partial charge in [-0.1, -0.05) is 25.4 Å². The van der Waals surface area contributed by atoms with Crippen LogP contribution in [0, 0.1) is 0 Å². The van der Waals surface area contributed by atoms with Crippen LogP contribution in [0.3, 0.4) is 0 Å². The molecule has 0 spiro atoms. The molecule has 1 fully saturated rings. The van der Waals surface area contributed by atoms with Crippen LogP contribution in [0.4, 0.5) is 0 Å². The van der Waals surface area contributed by atoms with Crippen molar-refractivity contribution in [2.75, 3.05) is 45.9 Å². The minimum atomic E-state index is -3.80. The molecule has 0 atom stereocenters. The highest BCUT2D eigenvalue weighted by molar-refractivity contribution is 7.89. The van der Waals surface area contributed by atoms with Gasteiger partial charge in [-0.3, -0.25) is 4.57 Å². The van der Waals surface area contributed by atoms with Crippen LogP contribution in [0.25, 0.3) is 27.9 Å². The number of aliphatic hydroxyl groups excluding tert-OH is 1. The molecule has 12 nitrogen and oxygen atoms in total. The highest BCUT2D eigenvalue weighted by Crippen LogP contribution is 2.41. The number of nitrogens with one attached hydrogen (secondary N) is 1. The molecular weight excluding hydrogens is 558 g/mol. The van der Waals surface area contributed by atoms with Crippen molar-refractivity contribution >= 4 is 38.3 Å². The molecule has 5 rings (SSSR count). The van der Waals surface area contributed by atoms with Gasteiger partial charge in [0.25, 0.3) is 0 Å². The van der Waals surface area contributed by atoms with Crippen molar-refractivity contribution in [2.45, 2.75) is 44.6 Å². The molecule has 14 heteroatoms. The lowest BCUT2D eigenvalue weighted by atomic mass is 10.1. The molecular formula is C26H34ClN7O5S. The van der Waals surface area contributed by atoms with Gasteiger partial charge in [0.15, 0.2) is 5.65 Å². The second-order valence-corrected chi connectivity index (χ2v) is 12.1. The fourth-order valence-electron chi connectivity index (χ4n) is 5.11. The number of sulfonamides is 1. The molecule has 1 aliphatic rings. The quantitative estimate of drug-likeness (QED) is 0.271. The second-order valence-electron chi connectivity index (χ2n) is 9.83. The average Bonchev–Trinajstić information content (AvgIpc) is 3.58. The fourth-order valence-corrected chi connectivity index (χ4v) is 6.90. The van der Waals surface area contributed by atoms with Crippen molar-refractivity contribution in [3.8, 4) is 17.0 Å². The average molecular weight is 592 g/mol. The molecule has 4 aromatic rings. The molecule has 0 radical (unpaired) electrons. The maximum atomic E-state index is 13.7. The summed E-state index contributed by atoms with van der Waals surface area (Å²) in [6.45, 7) is 7.58. The lowest BCUT2D eigenvalue weighted by Crippen LogP contribution is -2.48. The van der Waals surface area contributed by atoms with E-state index in [4.69, 9.17) is 21.4 Å². The Morgan fingerprint density at radius 1 is 1.12 bits per heavy atom. The summed E-state index contributed by atoms with van der Waals surface area (Å²) in [5, 5.41) is 17.4. The number of aliphatic hydroxyl groups is 1. The minimum absolute atomic E-state index is 0.112. The number of H-pyrrole nitrogens is 1. The molecule has 1 saturated heterocycles. The lowest BCUT2D eigenvalue weighted by molar-refractivity contribution is 0.171. The largest absolute Gasteiger partial charge is 0.493 e. The van der Waals surface area contributed by atoms with Gasteiger partial charge in [0.05, 0.1) is 27.7 Å². The van der Waals surface area contributed by atoms with Gasteiger partial charge in [-0.05, 0) is 37.5 Å². The van der Waals surface area contributed by atoms with Gasteiger partial charge < -0.3 is 19.7 Å². The number of hydrogen-bond acceptors (Lipinski definition) is 8. The maximum absolute atomic E-state index is 13.7. The molecule has 2 N–H and O–H groups in total. The van der Waals surface area contributed by atoms with E-state index in [1.54, 1.807) is 22.8 Å². The van der Waals surface area contributed by atoms with Crippen LogP contribution in [0.2, 0.25) is 5.02 Å². The summed E-state index contributed by atoms with van der Waals surface area (Å²) in [6.07, 6.45) is 3.49. The first-order chi connectivity index (χ1) is 19.3. The third kappa shape index (κ3) is 5.12. The summed E-state index contributed by atoms with van der Waals surface area (Å²) < 4.78 is 37.9. The first-order valence-corrected chi connectivity index (χ1v) is 15.4. The van der Waals surface area contributed by atoms with Crippen molar-refractivity contribution < 1.29 is 18.3 Å². The van der Waals surface area contributed by atoms with Crippen molar-refractivity contribution in [3.05, 3.63) is 40.0 Å². The topological polar surface area (TPSA) is 138 Å². The standard InChI is InChI=1S/C26H34ClN7O5S/c1-3-8-33-24-21(27)22(29-23(24)25-30-28-17-34(25)26(33)36)19-16-18(6-7-20(19)39-15-4-2)40(37,38)32-12-10-31(11-13-32)9-5-14-35/h6-7,16-17,29,35H,3-5,8-15H2,1-2H3. The predicted molar refractivity (Wildman–Crippen MR) is 153 cm³/mol. The number of fused-ring (bicyclic) bond motifs is 3. The van der Waals surface area contributed by atoms with Crippen LogP contribution in [-0.2, 0) is 16.6 Å². The summed E-state index contributed by atoms with van der Waals surface area (Å²) in [7, 11) is -3.80. The van der Waals surface area contributed by atoms with Gasteiger partial charge in [0, 0.05) is 51.4 Å². The Labute approximate surface area is 237 Å². The molecule has 1 aliphatic heterocycles. The van der Waals surface area contributed by atoms with Gasteiger partial charge in [0.2, 0.25) is 10.0 Å². The predicted octanol–water partition coefficient (Wildman–Crippen LogP) is 2.58. The zero-order valence-corrected chi connectivity index (χ0v) is 24.2. The number of aromatic amines is 1. The van der Waals surface area contributed by atoms with E-state index in [0.717, 1.165) is 13.0 Å². The molecule has 1 aromatic carbocycles. The fraction of sp³-hybridized carbons (Fsp3) is 0.500. The van der Waals surface area contributed by atoms with Crippen molar-refractivity contribution in [3.63, 3.8) is 0 Å². The van der Waals surface area contributed by atoms with E-state index >= 15 is 0 Å². The van der Waals surface area contributed by atoms with Crippen LogP contribution in [0.1, 0.15) is 33.1 Å². The van der Waals surface area contributed by atoms with Crippen molar-refractivity contribution in [1.82, 2.24) is 33.4 Å². The summed E-state index contributed by atoms with van der Waals surface area (Å²) in [5.41, 5.74) is 1.95. The summed E-state index contributed by atoms with van der Waals surface area (Å²) in [6, 6.07) is 4.80. The first-order valence-electron chi connectivity index (χ1n) is 13.6. The molecule has 0 amide bonds. The summed E-state index contributed by atoms with van der Waals surface area (Å²) >= 11 is 6.96. The van der Waals surface area contributed by atoms with Crippen LogP contribution >= 0.6 is 11.6 Å². The molecule has 4 heterocycles. The van der Waals surface area contributed by atoms with Crippen LogP contribution in [0.5, 0.6) is 5.75 Å².